The lowest BCUT2D eigenvalue weighted by Gasteiger charge is -2.31. The molecule has 1 N–H and O–H groups in total. The summed E-state index contributed by atoms with van der Waals surface area (Å²) < 4.78 is 0. The zero-order chi connectivity index (χ0) is 12.1. The third kappa shape index (κ3) is 4.28. The van der Waals surface area contributed by atoms with Crippen molar-refractivity contribution >= 4 is 0 Å². The highest BCUT2D eigenvalue weighted by atomic mass is 14.9. The summed E-state index contributed by atoms with van der Waals surface area (Å²) in [4.78, 5) is 0. The average molecular weight is 237 g/mol. The fourth-order valence-corrected chi connectivity index (χ4v) is 3.72. The van der Waals surface area contributed by atoms with Gasteiger partial charge in [-0.05, 0) is 56.8 Å². The van der Waals surface area contributed by atoms with Crippen LogP contribution in [0.25, 0.3) is 0 Å². The van der Waals surface area contributed by atoms with Gasteiger partial charge in [-0.15, -0.1) is 0 Å². The van der Waals surface area contributed by atoms with Gasteiger partial charge >= 0.3 is 0 Å². The van der Waals surface area contributed by atoms with Gasteiger partial charge in [0.25, 0.3) is 0 Å². The van der Waals surface area contributed by atoms with Gasteiger partial charge in [0.2, 0.25) is 0 Å². The lowest BCUT2D eigenvalue weighted by Crippen LogP contribution is -2.40. The molecule has 0 bridgehead atoms. The molecule has 2 saturated carbocycles. The molecule has 2 aliphatic rings. The first-order valence-electron chi connectivity index (χ1n) is 8.04. The minimum atomic E-state index is 0.836. The summed E-state index contributed by atoms with van der Waals surface area (Å²) in [5, 5.41) is 3.96. The molecule has 2 aliphatic carbocycles. The van der Waals surface area contributed by atoms with Crippen molar-refractivity contribution in [2.24, 2.45) is 11.8 Å². The second-order valence-electron chi connectivity index (χ2n) is 6.60. The monoisotopic (exact) mass is 237 g/mol. The van der Waals surface area contributed by atoms with Crippen molar-refractivity contribution in [1.82, 2.24) is 5.32 Å². The Kier molecular flexibility index (Phi) is 5.34. The molecule has 0 aromatic carbocycles. The van der Waals surface area contributed by atoms with Crippen molar-refractivity contribution in [3.05, 3.63) is 0 Å². The van der Waals surface area contributed by atoms with Crippen molar-refractivity contribution in [2.75, 3.05) is 0 Å². The molecule has 0 saturated heterocycles. The number of hydrogen-bond donors (Lipinski definition) is 1. The molecule has 2 unspecified atom stereocenters. The Balaban J connectivity index is 1.70. The highest BCUT2D eigenvalue weighted by molar-refractivity contribution is 4.81. The molecule has 0 aromatic rings. The van der Waals surface area contributed by atoms with Crippen molar-refractivity contribution < 1.29 is 0 Å². The summed E-state index contributed by atoms with van der Waals surface area (Å²) in [5.41, 5.74) is 0. The van der Waals surface area contributed by atoms with Crippen LogP contribution in [-0.4, -0.2) is 12.1 Å². The topological polar surface area (TPSA) is 12.0 Å². The van der Waals surface area contributed by atoms with Crippen LogP contribution in [0.1, 0.15) is 78.1 Å². The molecule has 0 spiro atoms. The summed E-state index contributed by atoms with van der Waals surface area (Å²) in [6.07, 6.45) is 14.4. The second kappa shape index (κ2) is 6.78. The smallest absolute Gasteiger partial charge is 0.00698 e. The summed E-state index contributed by atoms with van der Waals surface area (Å²) in [6.45, 7) is 4.78. The van der Waals surface area contributed by atoms with E-state index in [1.165, 1.54) is 64.2 Å². The predicted molar refractivity (Wildman–Crippen MR) is 75.2 cm³/mol. The summed E-state index contributed by atoms with van der Waals surface area (Å²) >= 11 is 0. The van der Waals surface area contributed by atoms with E-state index in [-0.39, 0.29) is 0 Å². The molecular formula is C16H31N. The third-order valence-electron chi connectivity index (χ3n) is 5.15. The van der Waals surface area contributed by atoms with Gasteiger partial charge < -0.3 is 5.32 Å². The van der Waals surface area contributed by atoms with Crippen LogP contribution in [0.3, 0.4) is 0 Å². The van der Waals surface area contributed by atoms with E-state index in [1.54, 1.807) is 0 Å². The fourth-order valence-electron chi connectivity index (χ4n) is 3.72. The molecule has 100 valence electrons. The maximum absolute atomic E-state index is 3.96. The third-order valence-corrected chi connectivity index (χ3v) is 5.15. The quantitative estimate of drug-likeness (QED) is 0.712. The minimum Gasteiger partial charge on any atom is -0.311 e. The molecule has 0 radical (unpaired) electrons. The fraction of sp³-hybridized carbons (Fsp3) is 1.00. The van der Waals surface area contributed by atoms with Gasteiger partial charge in [0, 0.05) is 12.1 Å². The molecule has 2 rings (SSSR count). The Bertz CT molecular complexity index is 206. The van der Waals surface area contributed by atoms with Crippen LogP contribution in [-0.2, 0) is 0 Å². The average Bonchev–Trinajstić information content (AvgIpc) is 2.56. The normalized spacial score (nSPS) is 39.9. The summed E-state index contributed by atoms with van der Waals surface area (Å²) in [5.74, 6) is 2.00. The molecule has 1 heteroatoms. The van der Waals surface area contributed by atoms with Crippen LogP contribution in [0, 0.1) is 11.8 Å². The van der Waals surface area contributed by atoms with Gasteiger partial charge in [-0.1, -0.05) is 33.1 Å². The zero-order valence-corrected chi connectivity index (χ0v) is 11.9. The molecule has 0 amide bonds. The molecule has 1 nitrogen and oxygen atoms in total. The van der Waals surface area contributed by atoms with E-state index in [4.69, 9.17) is 0 Å². The number of hydrogen-bond acceptors (Lipinski definition) is 1. The van der Waals surface area contributed by atoms with Crippen LogP contribution in [0.2, 0.25) is 0 Å². The van der Waals surface area contributed by atoms with Gasteiger partial charge in [0.1, 0.15) is 0 Å². The summed E-state index contributed by atoms with van der Waals surface area (Å²) in [7, 11) is 0. The van der Waals surface area contributed by atoms with Gasteiger partial charge in [-0.2, -0.15) is 0 Å². The second-order valence-corrected chi connectivity index (χ2v) is 6.60. The first-order chi connectivity index (χ1) is 8.28. The zero-order valence-electron chi connectivity index (χ0n) is 11.9. The standard InChI is InChI=1S/C16H31N/c1-3-14-8-11-16(12-9-14)17-15-6-4-5-13(2)7-10-15/h13-17H,3-12H2,1-2H3. The van der Waals surface area contributed by atoms with Crippen molar-refractivity contribution in [2.45, 2.75) is 90.1 Å². The Morgan fingerprint density at radius 3 is 2.18 bits per heavy atom. The Labute approximate surface area is 108 Å². The van der Waals surface area contributed by atoms with Crippen molar-refractivity contribution in [3.8, 4) is 0 Å². The predicted octanol–water partition coefficient (Wildman–Crippen LogP) is 4.51. The maximum Gasteiger partial charge on any atom is 0.00698 e. The largest absolute Gasteiger partial charge is 0.311 e. The maximum atomic E-state index is 3.96. The van der Waals surface area contributed by atoms with E-state index < -0.39 is 0 Å². The Morgan fingerprint density at radius 2 is 1.47 bits per heavy atom. The molecule has 0 heterocycles. The van der Waals surface area contributed by atoms with Crippen LogP contribution in [0.5, 0.6) is 0 Å². The van der Waals surface area contributed by atoms with E-state index in [0.29, 0.717) is 0 Å². The van der Waals surface area contributed by atoms with Crippen LogP contribution in [0.15, 0.2) is 0 Å². The minimum absolute atomic E-state index is 0.836. The Morgan fingerprint density at radius 1 is 0.824 bits per heavy atom. The lowest BCUT2D eigenvalue weighted by atomic mass is 9.84. The molecular weight excluding hydrogens is 206 g/mol. The van der Waals surface area contributed by atoms with Gasteiger partial charge in [-0.3, -0.25) is 0 Å². The van der Waals surface area contributed by atoms with Crippen molar-refractivity contribution in [1.29, 1.82) is 0 Å². The number of rotatable bonds is 3. The van der Waals surface area contributed by atoms with E-state index >= 15 is 0 Å². The Hall–Kier alpha value is -0.0400. The van der Waals surface area contributed by atoms with E-state index in [0.717, 1.165) is 23.9 Å². The molecule has 0 aliphatic heterocycles. The number of nitrogens with one attached hydrogen (secondary N) is 1. The molecule has 0 aromatic heterocycles. The summed E-state index contributed by atoms with van der Waals surface area (Å²) in [6, 6.07) is 1.68. The first kappa shape index (κ1) is 13.4. The highest BCUT2D eigenvalue weighted by Crippen LogP contribution is 2.28. The van der Waals surface area contributed by atoms with Crippen LogP contribution >= 0.6 is 0 Å². The van der Waals surface area contributed by atoms with Crippen LogP contribution in [0.4, 0.5) is 0 Å². The highest BCUT2D eigenvalue weighted by Gasteiger charge is 2.23. The van der Waals surface area contributed by atoms with Crippen LogP contribution < -0.4 is 5.32 Å². The van der Waals surface area contributed by atoms with E-state index in [2.05, 4.69) is 19.2 Å². The van der Waals surface area contributed by atoms with Gasteiger partial charge in [0.15, 0.2) is 0 Å². The molecule has 2 fully saturated rings. The van der Waals surface area contributed by atoms with Crippen molar-refractivity contribution in [3.63, 3.8) is 0 Å². The van der Waals surface area contributed by atoms with E-state index in [1.807, 2.05) is 0 Å². The molecule has 2 atom stereocenters. The SMILES string of the molecule is CCC1CCC(NC2CCCC(C)CC2)CC1. The first-order valence-corrected chi connectivity index (χ1v) is 8.04. The molecule has 17 heavy (non-hydrogen) atoms. The lowest BCUT2D eigenvalue weighted by molar-refractivity contribution is 0.261. The van der Waals surface area contributed by atoms with E-state index in [9.17, 15) is 0 Å². The van der Waals surface area contributed by atoms with Gasteiger partial charge in [0.05, 0.1) is 0 Å². The van der Waals surface area contributed by atoms with Gasteiger partial charge in [-0.25, -0.2) is 0 Å².